The molecule has 0 aromatic heterocycles. The number of epoxide rings is 2. The van der Waals surface area contributed by atoms with Gasteiger partial charge in [0.05, 0.1) is 23.9 Å². The monoisotopic (exact) mass is 454 g/mol. The number of rotatable bonds is 5. The summed E-state index contributed by atoms with van der Waals surface area (Å²) >= 11 is 0. The first-order valence-electron chi connectivity index (χ1n) is 14.4. The van der Waals surface area contributed by atoms with Crippen LogP contribution in [-0.4, -0.2) is 29.7 Å². The summed E-state index contributed by atoms with van der Waals surface area (Å²) in [7, 11) is 0. The highest BCUT2D eigenvalue weighted by Gasteiger charge is 2.85. The second-order valence-electron chi connectivity index (χ2n) is 14.7. The molecule has 33 heavy (non-hydrogen) atoms. The SMILES string of the molecule is CC[C@]12CCC3(C)C(C(C)CCC4OC4(C)C)CC[C@H]3[C@]1(C)C1OC1C1C3CC12CCC3=O. The van der Waals surface area contributed by atoms with Gasteiger partial charge < -0.3 is 9.47 Å². The third kappa shape index (κ3) is 2.30. The molecule has 5 saturated carbocycles. The minimum Gasteiger partial charge on any atom is -0.369 e. The van der Waals surface area contributed by atoms with Crippen LogP contribution in [0.15, 0.2) is 0 Å². The van der Waals surface area contributed by atoms with Crippen molar-refractivity contribution in [3.05, 3.63) is 0 Å². The Hall–Kier alpha value is -0.410. The van der Waals surface area contributed by atoms with Crippen molar-refractivity contribution in [1.29, 1.82) is 0 Å². The lowest BCUT2D eigenvalue weighted by Gasteiger charge is -2.77. The van der Waals surface area contributed by atoms with E-state index in [0.29, 0.717) is 52.2 Å². The normalized spacial score (nSPS) is 60.1. The highest BCUT2D eigenvalue weighted by atomic mass is 16.6. The summed E-state index contributed by atoms with van der Waals surface area (Å²) in [4.78, 5) is 12.7. The van der Waals surface area contributed by atoms with Gasteiger partial charge in [-0.05, 0) is 106 Å². The zero-order chi connectivity index (χ0) is 23.2. The van der Waals surface area contributed by atoms with Gasteiger partial charge in [0, 0.05) is 23.7 Å². The molecule has 7 fully saturated rings. The number of carbonyl (C=O) groups is 1. The number of fused-ring (bicyclic) bond motifs is 8. The van der Waals surface area contributed by atoms with Crippen LogP contribution in [0.5, 0.6) is 0 Å². The maximum Gasteiger partial charge on any atom is 0.136 e. The van der Waals surface area contributed by atoms with Crippen molar-refractivity contribution in [3.63, 3.8) is 0 Å². The maximum atomic E-state index is 12.7. The first kappa shape index (κ1) is 21.8. The third-order valence-electron chi connectivity index (χ3n) is 13.9. The Morgan fingerprint density at radius 3 is 2.52 bits per heavy atom. The van der Waals surface area contributed by atoms with Crippen LogP contribution in [-0.2, 0) is 14.3 Å². The fourth-order valence-corrected chi connectivity index (χ4v) is 12.3. The molecule has 2 aliphatic heterocycles. The second-order valence-corrected chi connectivity index (χ2v) is 14.7. The summed E-state index contributed by atoms with van der Waals surface area (Å²) in [5.74, 6) is 3.85. The van der Waals surface area contributed by atoms with E-state index < -0.39 is 0 Å². The van der Waals surface area contributed by atoms with E-state index in [2.05, 4.69) is 41.5 Å². The molecule has 0 amide bonds. The Morgan fingerprint density at radius 2 is 1.85 bits per heavy atom. The lowest BCUT2D eigenvalue weighted by Crippen LogP contribution is -2.75. The first-order valence-corrected chi connectivity index (χ1v) is 14.4. The second kappa shape index (κ2) is 6.28. The molecule has 1 spiro atoms. The van der Waals surface area contributed by atoms with Gasteiger partial charge in [0.25, 0.3) is 0 Å². The van der Waals surface area contributed by atoms with Gasteiger partial charge in [-0.3, -0.25) is 4.79 Å². The molecule has 5 aliphatic carbocycles. The fourth-order valence-electron chi connectivity index (χ4n) is 12.3. The summed E-state index contributed by atoms with van der Waals surface area (Å²) < 4.78 is 12.6. The molecule has 0 aromatic rings. The van der Waals surface area contributed by atoms with Gasteiger partial charge in [0.1, 0.15) is 5.78 Å². The van der Waals surface area contributed by atoms with Crippen LogP contribution in [0.3, 0.4) is 0 Å². The van der Waals surface area contributed by atoms with E-state index in [4.69, 9.17) is 9.47 Å². The molecule has 0 aromatic carbocycles. The molecule has 12 atom stereocenters. The summed E-state index contributed by atoms with van der Waals surface area (Å²) in [6.07, 6.45) is 13.9. The predicted octanol–water partition coefficient (Wildman–Crippen LogP) is 6.58. The number of ketones is 1. The van der Waals surface area contributed by atoms with Crippen LogP contribution in [0.1, 0.15) is 106 Å². The lowest BCUT2D eigenvalue weighted by molar-refractivity contribution is -0.279. The maximum absolute atomic E-state index is 12.7. The van der Waals surface area contributed by atoms with Crippen LogP contribution in [0, 0.1) is 51.2 Å². The van der Waals surface area contributed by atoms with E-state index in [1.54, 1.807) is 0 Å². The van der Waals surface area contributed by atoms with Crippen molar-refractivity contribution in [2.75, 3.05) is 0 Å². The van der Waals surface area contributed by atoms with E-state index in [1.807, 2.05) is 0 Å². The molecule has 7 rings (SSSR count). The summed E-state index contributed by atoms with van der Waals surface area (Å²) in [6, 6.07) is 0. The Labute approximate surface area is 201 Å². The van der Waals surface area contributed by atoms with Gasteiger partial charge in [-0.1, -0.05) is 27.7 Å². The van der Waals surface area contributed by atoms with Crippen molar-refractivity contribution in [2.24, 2.45) is 51.2 Å². The van der Waals surface area contributed by atoms with E-state index in [1.165, 1.54) is 51.4 Å². The molecule has 2 bridgehead atoms. The minimum atomic E-state index is 0.124. The van der Waals surface area contributed by atoms with Gasteiger partial charge in [-0.25, -0.2) is 0 Å². The molecule has 2 saturated heterocycles. The van der Waals surface area contributed by atoms with Crippen molar-refractivity contribution in [3.8, 4) is 0 Å². The minimum absolute atomic E-state index is 0.124. The van der Waals surface area contributed by atoms with Crippen LogP contribution < -0.4 is 0 Å². The molecular formula is C30H46O3. The summed E-state index contributed by atoms with van der Waals surface area (Å²) in [5, 5.41) is 0. The molecule has 3 nitrogen and oxygen atoms in total. The van der Waals surface area contributed by atoms with Crippen molar-refractivity contribution in [2.45, 2.75) is 130 Å². The predicted molar refractivity (Wildman–Crippen MR) is 129 cm³/mol. The van der Waals surface area contributed by atoms with Crippen LogP contribution in [0.25, 0.3) is 0 Å². The molecule has 0 N–H and O–H groups in total. The van der Waals surface area contributed by atoms with Gasteiger partial charge in [0.2, 0.25) is 0 Å². The van der Waals surface area contributed by atoms with Gasteiger partial charge >= 0.3 is 0 Å². The molecule has 3 heteroatoms. The Bertz CT molecular complexity index is 891. The zero-order valence-corrected chi connectivity index (χ0v) is 21.9. The highest BCUT2D eigenvalue weighted by Crippen LogP contribution is 2.86. The highest BCUT2D eigenvalue weighted by molar-refractivity contribution is 5.85. The Balaban J connectivity index is 1.20. The largest absolute Gasteiger partial charge is 0.369 e. The summed E-state index contributed by atoms with van der Waals surface area (Å²) in [6.45, 7) is 14.9. The van der Waals surface area contributed by atoms with E-state index in [-0.39, 0.29) is 11.0 Å². The molecule has 9 unspecified atom stereocenters. The molecule has 184 valence electrons. The smallest absolute Gasteiger partial charge is 0.136 e. The van der Waals surface area contributed by atoms with Crippen LogP contribution in [0.4, 0.5) is 0 Å². The zero-order valence-electron chi connectivity index (χ0n) is 21.9. The number of hydrogen-bond acceptors (Lipinski definition) is 3. The van der Waals surface area contributed by atoms with Crippen molar-refractivity contribution >= 4 is 5.78 Å². The lowest BCUT2D eigenvalue weighted by atomic mass is 9.25. The number of carbonyl (C=O) groups excluding carboxylic acids is 1. The Kier molecular flexibility index (Phi) is 4.16. The standard InChI is InChI=1S/C30H46O3/c1-7-30-15-14-27(5)19(17(2)8-11-22-26(3,4)33-22)9-10-21(27)28(30,6)25-24(32-25)23-18-16-29(23,30)13-12-20(18)31/h17-19,21-25H,7-16H2,1-6H3/t17?,18?,19?,21-,22?,23?,24?,25?,27?,28-,29?,30+/m1/s1. The average Bonchev–Trinajstić information content (AvgIpc) is 3.62. The molecule has 2 heterocycles. The van der Waals surface area contributed by atoms with Gasteiger partial charge in [-0.2, -0.15) is 0 Å². The van der Waals surface area contributed by atoms with Crippen LogP contribution >= 0.6 is 0 Å². The first-order chi connectivity index (χ1) is 15.6. The Morgan fingerprint density at radius 1 is 1.09 bits per heavy atom. The number of Topliss-reactive ketones (excluding diaryl/α,β-unsaturated/α-hetero) is 1. The topological polar surface area (TPSA) is 42.1 Å². The van der Waals surface area contributed by atoms with E-state index in [0.717, 1.165) is 30.6 Å². The van der Waals surface area contributed by atoms with E-state index >= 15 is 0 Å². The number of hydrogen-bond donors (Lipinski definition) is 0. The van der Waals surface area contributed by atoms with Gasteiger partial charge in [-0.15, -0.1) is 0 Å². The van der Waals surface area contributed by atoms with E-state index in [9.17, 15) is 4.79 Å². The van der Waals surface area contributed by atoms with Crippen molar-refractivity contribution in [1.82, 2.24) is 0 Å². The average molecular weight is 455 g/mol. The number of ether oxygens (including phenoxy) is 2. The van der Waals surface area contributed by atoms with Crippen LogP contribution in [0.2, 0.25) is 0 Å². The third-order valence-corrected chi connectivity index (χ3v) is 13.9. The quantitative estimate of drug-likeness (QED) is 0.441. The van der Waals surface area contributed by atoms with Crippen molar-refractivity contribution < 1.29 is 14.3 Å². The molecule has 0 radical (unpaired) electrons. The molecular weight excluding hydrogens is 408 g/mol. The van der Waals surface area contributed by atoms with Gasteiger partial charge in [0.15, 0.2) is 0 Å². The fraction of sp³-hybridized carbons (Fsp3) is 0.967. The summed E-state index contributed by atoms with van der Waals surface area (Å²) in [5.41, 5.74) is 1.64. The molecule has 7 aliphatic rings.